The molecule has 56 heavy (non-hydrogen) atoms. The normalized spacial score (nSPS) is 18.6. The number of nitrogens with zero attached hydrogens (tertiary/aromatic N) is 5. The summed E-state index contributed by atoms with van der Waals surface area (Å²) in [5.41, 5.74) is -6.19. The zero-order valence-electron chi connectivity index (χ0n) is 56.1. The van der Waals surface area contributed by atoms with Crippen LogP contribution >= 0.6 is 0 Å². The number of benzene rings is 8. The summed E-state index contributed by atoms with van der Waals surface area (Å²) in [5.74, 6) is -2.64. The van der Waals surface area contributed by atoms with Gasteiger partial charge in [-0.05, 0) is 64.6 Å². The molecule has 8 aromatic carbocycles. The Morgan fingerprint density at radius 1 is 0.339 bits per heavy atom. The van der Waals surface area contributed by atoms with Gasteiger partial charge in [-0.25, -0.2) is 4.98 Å². The van der Waals surface area contributed by atoms with Crippen molar-refractivity contribution in [2.45, 2.75) is 0 Å². The zero-order chi connectivity index (χ0) is 61.4. The zero-order valence-corrected chi connectivity index (χ0v) is 28.1. The second kappa shape index (κ2) is 13.0. The van der Waals surface area contributed by atoms with Gasteiger partial charge in [0.15, 0.2) is 11.6 Å². The van der Waals surface area contributed by atoms with Crippen LogP contribution < -0.4 is 0 Å². The number of hydrogen-bond acceptors (Lipinski definition) is 3. The third kappa shape index (κ3) is 5.29. The van der Waals surface area contributed by atoms with Crippen molar-refractivity contribution in [1.29, 1.82) is 0 Å². The summed E-state index contributed by atoms with van der Waals surface area (Å²) in [6.45, 7) is 0. The second-order valence-corrected chi connectivity index (χ2v) is 11.9. The molecule has 0 aliphatic carbocycles. The largest absolute Gasteiger partial charge is 0.309 e. The molecular weight excluding hydrogens is 683 g/mol. The highest BCUT2D eigenvalue weighted by Crippen LogP contribution is 2.39. The van der Waals surface area contributed by atoms with Crippen molar-refractivity contribution >= 4 is 43.6 Å². The van der Waals surface area contributed by atoms with E-state index in [-0.39, 0.29) is 27.5 Å². The molecule has 3 aromatic heterocycles. The highest BCUT2D eigenvalue weighted by molar-refractivity contribution is 6.19. The first-order chi connectivity index (χ1) is 39.4. The van der Waals surface area contributed by atoms with Crippen LogP contribution in [0.4, 0.5) is 0 Å². The molecule has 0 unspecified atom stereocenters. The molecule has 0 fully saturated rings. The fourth-order valence-corrected chi connectivity index (χ4v) is 6.31. The molecule has 11 rings (SSSR count). The van der Waals surface area contributed by atoms with Crippen LogP contribution in [0.3, 0.4) is 0 Å². The van der Waals surface area contributed by atoms with Crippen LogP contribution in [0.5, 0.6) is 0 Å². The van der Waals surface area contributed by atoms with Crippen LogP contribution in [0.15, 0.2) is 200 Å². The molecule has 262 valence electrons. The maximum atomic E-state index is 10.2. The molecule has 5 heteroatoms. The smallest absolute Gasteiger partial charge is 0.238 e. The average molecular weight is 744 g/mol. The summed E-state index contributed by atoms with van der Waals surface area (Å²) >= 11 is 0. The lowest BCUT2D eigenvalue weighted by atomic mass is 9.98. The minimum atomic E-state index is -1.09. The van der Waals surface area contributed by atoms with Gasteiger partial charge >= 0.3 is 0 Å². The van der Waals surface area contributed by atoms with E-state index in [1.54, 1.807) is 30.3 Å². The predicted octanol–water partition coefficient (Wildman–Crippen LogP) is 12.7. The van der Waals surface area contributed by atoms with E-state index >= 15 is 0 Å². The van der Waals surface area contributed by atoms with E-state index < -0.39 is 242 Å². The van der Waals surface area contributed by atoms with Crippen LogP contribution in [0.25, 0.3) is 100 Å². The van der Waals surface area contributed by atoms with Gasteiger partial charge in [-0.3, -0.25) is 4.57 Å². The molecule has 0 saturated carbocycles. The van der Waals surface area contributed by atoms with Crippen molar-refractivity contribution in [2.75, 3.05) is 0 Å². The molecule has 5 nitrogen and oxygen atoms in total. The first-order valence-electron chi connectivity index (χ1n) is 30.6. The Labute approximate surface area is 362 Å². The minimum Gasteiger partial charge on any atom is -0.309 e. The predicted molar refractivity (Wildman–Crippen MR) is 230 cm³/mol. The van der Waals surface area contributed by atoms with Crippen molar-refractivity contribution in [3.63, 3.8) is 0 Å². The maximum Gasteiger partial charge on any atom is 0.238 e. The highest BCUT2D eigenvalue weighted by atomic mass is 15.2. The van der Waals surface area contributed by atoms with Gasteiger partial charge in [-0.2, -0.15) is 9.97 Å². The van der Waals surface area contributed by atoms with Crippen molar-refractivity contribution in [1.82, 2.24) is 24.1 Å². The van der Waals surface area contributed by atoms with Crippen LogP contribution in [0.2, 0.25) is 0 Å². The lowest BCUT2D eigenvalue weighted by Crippen LogP contribution is -2.06. The monoisotopic (exact) mass is 743 g/mol. The Hall–Kier alpha value is -7.63. The van der Waals surface area contributed by atoms with Crippen LogP contribution in [-0.4, -0.2) is 24.1 Å². The summed E-state index contributed by atoms with van der Waals surface area (Å²) < 4.78 is 253. The lowest BCUT2D eigenvalue weighted by Gasteiger charge is -2.12. The topological polar surface area (TPSA) is 48.5 Å². The van der Waals surface area contributed by atoms with Crippen LogP contribution in [0, 0.1) is 0 Å². The van der Waals surface area contributed by atoms with E-state index in [4.69, 9.17) is 26.0 Å². The van der Waals surface area contributed by atoms with Crippen molar-refractivity contribution in [3.8, 4) is 56.7 Å². The first kappa shape index (κ1) is 14.5. The Balaban J connectivity index is 1.32. The second-order valence-electron chi connectivity index (χ2n) is 11.9. The van der Waals surface area contributed by atoms with Crippen molar-refractivity contribution < 1.29 is 38.4 Å². The standard InChI is InChI=1S/C51H33N5/c1-4-15-34(16-5-1)38-19-14-20-39(31-38)35-27-29-37(30-28-35)50-52-49(36-17-6-2-7-18-36)53-51(54-50)56-46-26-13-11-24-42(46)44-32-43-41-23-10-12-25-45(41)55(47(43)33-48(44)56)40-21-8-3-9-22-40/h1-33H/i1D,2D,4D,5D,6D,7D,10D,11D,12D,13D,14D,15D,16D,17D,18D,19D,20D,23D,24D,25D,26D,27D,28D,29D,30D,31D,32D,33D. The molecule has 0 aliphatic heterocycles. The van der Waals surface area contributed by atoms with Gasteiger partial charge in [0.05, 0.1) is 60.4 Å². The van der Waals surface area contributed by atoms with Crippen molar-refractivity contribution in [3.05, 3.63) is 200 Å². The number of para-hydroxylation sites is 3. The number of rotatable bonds is 6. The van der Waals surface area contributed by atoms with Crippen LogP contribution in [-0.2, 0) is 0 Å². The van der Waals surface area contributed by atoms with Crippen molar-refractivity contribution in [2.24, 2.45) is 0 Å². The van der Waals surface area contributed by atoms with E-state index in [0.717, 1.165) is 4.57 Å². The molecule has 0 aliphatic rings. The molecule has 0 spiro atoms. The third-order valence-electron chi connectivity index (χ3n) is 8.73. The Morgan fingerprint density at radius 3 is 1.46 bits per heavy atom. The Bertz CT molecular complexity index is 4800. The Morgan fingerprint density at radius 2 is 0.821 bits per heavy atom. The molecule has 0 saturated heterocycles. The summed E-state index contributed by atoms with van der Waals surface area (Å²) in [6, 6.07) is -16.7. The fraction of sp³-hybridized carbons (Fsp3) is 0. The molecule has 0 bridgehead atoms. The average Bonchev–Trinajstić information content (AvgIpc) is 1.77. The molecule has 0 radical (unpaired) electrons. The van der Waals surface area contributed by atoms with E-state index in [1.807, 2.05) is 0 Å². The number of fused-ring (bicyclic) bond motifs is 6. The Kier molecular flexibility index (Phi) is 3.39. The number of aromatic nitrogens is 5. The fourth-order valence-electron chi connectivity index (χ4n) is 6.31. The molecule has 0 N–H and O–H groups in total. The first-order valence-corrected chi connectivity index (χ1v) is 16.6. The molecular formula is C51H33N5. The van der Waals surface area contributed by atoms with Crippen LogP contribution in [0.1, 0.15) is 38.4 Å². The molecule has 0 atom stereocenters. The number of hydrogen-bond donors (Lipinski definition) is 0. The summed E-state index contributed by atoms with van der Waals surface area (Å²) in [6.07, 6.45) is 0. The third-order valence-corrected chi connectivity index (χ3v) is 8.73. The van der Waals surface area contributed by atoms with Gasteiger partial charge in [0.1, 0.15) is 0 Å². The van der Waals surface area contributed by atoms with Gasteiger partial charge in [-0.15, -0.1) is 0 Å². The van der Waals surface area contributed by atoms with E-state index in [0.29, 0.717) is 0 Å². The van der Waals surface area contributed by atoms with E-state index in [9.17, 15) is 12.3 Å². The van der Waals surface area contributed by atoms with Gasteiger partial charge in [0.2, 0.25) is 5.95 Å². The van der Waals surface area contributed by atoms with Gasteiger partial charge in [0.25, 0.3) is 0 Å². The molecule has 0 amide bonds. The summed E-state index contributed by atoms with van der Waals surface area (Å²) in [5, 5.41) is -1.39. The highest BCUT2D eigenvalue weighted by Gasteiger charge is 2.21. The van der Waals surface area contributed by atoms with E-state index in [1.165, 1.54) is 4.57 Å². The quantitative estimate of drug-likeness (QED) is 0.170. The summed E-state index contributed by atoms with van der Waals surface area (Å²) in [4.78, 5) is 13.4. The lowest BCUT2D eigenvalue weighted by molar-refractivity contribution is 0.953. The van der Waals surface area contributed by atoms with Gasteiger partial charge < -0.3 is 4.57 Å². The summed E-state index contributed by atoms with van der Waals surface area (Å²) in [7, 11) is 0. The van der Waals surface area contributed by atoms with E-state index in [2.05, 4.69) is 15.0 Å². The SMILES string of the molecule is [2H]c1c([2H])c([2H])c(-c2nc(-c3c([2H])c([2H])c(-c4c([2H])c([2H])c([2H])c(-c5c([2H])c([2H])c([2H])c([2H])c5[2H])c4[2H])c([2H])c3[2H])nc(-n3c4c([2H])c([2H])c([2H])c([2H])c4c4c([2H])c5c6c([2H])c([2H])c([2H])c([2H])c6n(-c6ccccc6)c5c([2H])c43)n2)c([2H])c1[2H]. The van der Waals surface area contributed by atoms with Gasteiger partial charge in [0, 0.05) is 38.4 Å². The van der Waals surface area contributed by atoms with Gasteiger partial charge in [-0.1, -0.05) is 157 Å². The molecule has 3 heterocycles. The molecule has 11 aromatic rings. The minimum absolute atomic E-state index is 0.192. The maximum absolute atomic E-state index is 10.2.